The van der Waals surface area contributed by atoms with Crippen molar-refractivity contribution >= 4 is 16.3 Å². The van der Waals surface area contributed by atoms with E-state index in [0.717, 1.165) is 22.8 Å². The molecule has 1 aliphatic heterocycles. The molecule has 0 radical (unpaired) electrons. The van der Waals surface area contributed by atoms with Crippen molar-refractivity contribution in [2.45, 2.75) is 44.7 Å². The van der Waals surface area contributed by atoms with Gasteiger partial charge in [0.1, 0.15) is 11.1 Å². The van der Waals surface area contributed by atoms with E-state index < -0.39 is 30.3 Å². The van der Waals surface area contributed by atoms with E-state index in [1.54, 1.807) is 0 Å². The molecular weight excluding hydrogens is 395 g/mol. The van der Waals surface area contributed by atoms with Crippen molar-refractivity contribution in [2.24, 2.45) is 0 Å². The van der Waals surface area contributed by atoms with Crippen molar-refractivity contribution in [2.75, 3.05) is 13.7 Å². The number of fused-ring (bicyclic) bond motifs is 1. The summed E-state index contributed by atoms with van der Waals surface area (Å²) >= 11 is 0.984. The smallest absolute Gasteiger partial charge is 0.435 e. The van der Waals surface area contributed by atoms with Crippen molar-refractivity contribution in [3.05, 3.63) is 28.9 Å². The molecule has 3 heterocycles. The number of ether oxygens (including phenoxy) is 2. The molecule has 0 aromatic carbocycles. The van der Waals surface area contributed by atoms with E-state index >= 15 is 0 Å². The largest absolute Gasteiger partial charge is 0.474 e. The molecule has 1 aliphatic rings. The number of nitrogens with zero attached hydrogens (tertiary/aromatic N) is 4. The second kappa shape index (κ2) is 6.89. The fourth-order valence-electron chi connectivity index (χ4n) is 2.87. The highest BCUT2D eigenvalue weighted by Gasteiger charge is 2.41. The Morgan fingerprint density at radius 3 is 2.63 bits per heavy atom. The lowest BCUT2D eigenvalue weighted by Gasteiger charge is -2.17. The van der Waals surface area contributed by atoms with Crippen LogP contribution in [0.5, 0.6) is 0 Å². The second-order valence-electron chi connectivity index (χ2n) is 6.32. The minimum Gasteiger partial charge on any atom is -0.474 e. The van der Waals surface area contributed by atoms with Crippen LogP contribution in [0.4, 0.5) is 22.0 Å². The normalized spacial score (nSPS) is 18.6. The average Bonchev–Trinajstić information content (AvgIpc) is 3.12. The number of aromatic nitrogens is 3. The zero-order valence-corrected chi connectivity index (χ0v) is 15.3. The Labute approximate surface area is 155 Å². The van der Waals surface area contributed by atoms with Gasteiger partial charge in [-0.05, 0) is 13.5 Å². The summed E-state index contributed by atoms with van der Waals surface area (Å²) in [5.41, 5.74) is -1.27. The standard InChI is InChI=1S/C15H17F5N4O2S/c1-8-23(5-9(26-8)4-14(2,16)17)6-10-12(15(18,19)20)21-13-24(10)22-11(27-13)7-25-3/h9H,1,4-7H2,2-3H3. The third-order valence-electron chi connectivity index (χ3n) is 3.88. The fraction of sp³-hybridized carbons (Fsp3) is 0.600. The van der Waals surface area contributed by atoms with Gasteiger partial charge in [-0.1, -0.05) is 11.3 Å². The predicted octanol–water partition coefficient (Wildman–Crippen LogP) is 3.67. The maximum atomic E-state index is 13.4. The third kappa shape index (κ3) is 4.32. The van der Waals surface area contributed by atoms with Gasteiger partial charge < -0.3 is 14.4 Å². The summed E-state index contributed by atoms with van der Waals surface area (Å²) in [6.45, 7) is 4.25. The first-order valence-corrected chi connectivity index (χ1v) is 8.71. The molecule has 150 valence electrons. The highest BCUT2D eigenvalue weighted by molar-refractivity contribution is 7.16. The molecule has 1 unspecified atom stereocenters. The maximum Gasteiger partial charge on any atom is 0.435 e. The number of hydrogen-bond donors (Lipinski definition) is 0. The Hall–Kier alpha value is -1.95. The number of hydrogen-bond acceptors (Lipinski definition) is 6. The van der Waals surface area contributed by atoms with E-state index in [0.29, 0.717) is 5.01 Å². The number of halogens is 5. The van der Waals surface area contributed by atoms with E-state index in [1.165, 1.54) is 12.0 Å². The summed E-state index contributed by atoms with van der Waals surface area (Å²) in [6.07, 6.45) is -6.08. The molecule has 27 heavy (non-hydrogen) atoms. The molecule has 0 N–H and O–H groups in total. The minimum absolute atomic E-state index is 0.00184. The summed E-state index contributed by atoms with van der Waals surface area (Å²) < 4.78 is 77.9. The molecule has 1 atom stereocenters. The summed E-state index contributed by atoms with van der Waals surface area (Å²) in [7, 11) is 1.45. The van der Waals surface area contributed by atoms with Crippen LogP contribution < -0.4 is 0 Å². The lowest BCUT2D eigenvalue weighted by molar-refractivity contribution is -0.141. The monoisotopic (exact) mass is 412 g/mol. The molecule has 0 spiro atoms. The van der Waals surface area contributed by atoms with E-state index in [-0.39, 0.29) is 36.2 Å². The molecule has 0 saturated carbocycles. The highest BCUT2D eigenvalue weighted by atomic mass is 32.1. The Morgan fingerprint density at radius 2 is 2.04 bits per heavy atom. The van der Waals surface area contributed by atoms with Gasteiger partial charge in [0, 0.05) is 13.5 Å². The third-order valence-corrected chi connectivity index (χ3v) is 4.76. The number of imidazole rings is 1. The van der Waals surface area contributed by atoms with Crippen LogP contribution in [0.1, 0.15) is 29.7 Å². The Balaban J connectivity index is 1.89. The van der Waals surface area contributed by atoms with Gasteiger partial charge in [-0.2, -0.15) is 18.3 Å². The van der Waals surface area contributed by atoms with Gasteiger partial charge in [-0.25, -0.2) is 18.3 Å². The van der Waals surface area contributed by atoms with E-state index in [2.05, 4.69) is 16.7 Å². The summed E-state index contributed by atoms with van der Waals surface area (Å²) in [5, 5.41) is 4.58. The quantitative estimate of drug-likeness (QED) is 0.678. The zero-order valence-electron chi connectivity index (χ0n) is 14.5. The van der Waals surface area contributed by atoms with Gasteiger partial charge in [0.05, 0.1) is 25.4 Å². The molecule has 0 bridgehead atoms. The average molecular weight is 412 g/mol. The van der Waals surface area contributed by atoms with Crippen LogP contribution in [0.15, 0.2) is 12.5 Å². The van der Waals surface area contributed by atoms with E-state index in [4.69, 9.17) is 9.47 Å². The van der Waals surface area contributed by atoms with Crippen LogP contribution in [0.2, 0.25) is 0 Å². The Morgan fingerprint density at radius 1 is 1.33 bits per heavy atom. The van der Waals surface area contributed by atoms with E-state index in [1.807, 2.05) is 0 Å². The van der Waals surface area contributed by atoms with Crippen LogP contribution >= 0.6 is 11.3 Å². The van der Waals surface area contributed by atoms with Crippen LogP contribution in [0, 0.1) is 0 Å². The SMILES string of the molecule is C=C1OC(CC(C)(F)F)CN1Cc1c(C(F)(F)F)nc2sc(COC)nn12. The second-order valence-corrected chi connectivity index (χ2v) is 7.36. The highest BCUT2D eigenvalue weighted by Crippen LogP contribution is 2.35. The molecule has 2 aromatic rings. The van der Waals surface area contributed by atoms with Crippen molar-refractivity contribution in [3.63, 3.8) is 0 Å². The molecule has 3 rings (SSSR count). The van der Waals surface area contributed by atoms with Crippen LogP contribution in [-0.4, -0.2) is 45.2 Å². The molecule has 12 heteroatoms. The Bertz CT molecular complexity index is 842. The van der Waals surface area contributed by atoms with Gasteiger partial charge in [0.25, 0.3) is 0 Å². The van der Waals surface area contributed by atoms with Crippen LogP contribution in [-0.2, 0) is 28.8 Å². The van der Waals surface area contributed by atoms with Crippen molar-refractivity contribution in [1.29, 1.82) is 0 Å². The van der Waals surface area contributed by atoms with Crippen molar-refractivity contribution in [3.8, 4) is 0 Å². The van der Waals surface area contributed by atoms with Gasteiger partial charge in [0.15, 0.2) is 11.6 Å². The molecule has 0 amide bonds. The topological polar surface area (TPSA) is 51.9 Å². The molecule has 1 saturated heterocycles. The lowest BCUT2D eigenvalue weighted by atomic mass is 10.1. The van der Waals surface area contributed by atoms with Crippen molar-refractivity contribution in [1.82, 2.24) is 19.5 Å². The van der Waals surface area contributed by atoms with Crippen LogP contribution in [0.25, 0.3) is 4.96 Å². The maximum absolute atomic E-state index is 13.4. The zero-order chi connectivity index (χ0) is 20.0. The number of alkyl halides is 5. The molecular formula is C15H17F5N4O2S. The minimum atomic E-state index is -4.68. The van der Waals surface area contributed by atoms with E-state index in [9.17, 15) is 22.0 Å². The molecule has 2 aromatic heterocycles. The predicted molar refractivity (Wildman–Crippen MR) is 86.2 cm³/mol. The molecule has 0 aliphatic carbocycles. The fourth-order valence-corrected chi connectivity index (χ4v) is 3.76. The lowest BCUT2D eigenvalue weighted by Crippen LogP contribution is -2.27. The van der Waals surface area contributed by atoms with Gasteiger partial charge >= 0.3 is 6.18 Å². The first-order chi connectivity index (χ1) is 12.5. The first-order valence-electron chi connectivity index (χ1n) is 7.89. The summed E-state index contributed by atoms with van der Waals surface area (Å²) in [5.74, 6) is -2.91. The number of methoxy groups -OCH3 is 1. The molecule has 6 nitrogen and oxygen atoms in total. The molecule has 1 fully saturated rings. The Kier molecular flexibility index (Phi) is 5.06. The van der Waals surface area contributed by atoms with Gasteiger partial charge in [0.2, 0.25) is 10.9 Å². The van der Waals surface area contributed by atoms with Crippen LogP contribution in [0.3, 0.4) is 0 Å². The van der Waals surface area contributed by atoms with Gasteiger partial charge in [-0.3, -0.25) is 0 Å². The number of rotatable bonds is 6. The van der Waals surface area contributed by atoms with Gasteiger partial charge in [-0.15, -0.1) is 0 Å². The summed E-state index contributed by atoms with van der Waals surface area (Å²) in [6, 6.07) is 0. The summed E-state index contributed by atoms with van der Waals surface area (Å²) in [4.78, 5) is 5.11. The first kappa shape index (κ1) is 19.8. The van der Waals surface area contributed by atoms with Crippen molar-refractivity contribution < 1.29 is 31.4 Å².